The Bertz CT molecular complexity index is 868. The number of sulfonamides is 1. The van der Waals surface area contributed by atoms with Crippen LogP contribution in [0.15, 0.2) is 53.4 Å². The molecule has 0 atom stereocenters. The molecule has 2 aromatic rings. The van der Waals surface area contributed by atoms with Crippen molar-refractivity contribution >= 4 is 15.9 Å². The van der Waals surface area contributed by atoms with Crippen LogP contribution in [0.4, 0.5) is 0 Å². The van der Waals surface area contributed by atoms with Crippen LogP contribution >= 0.6 is 0 Å². The topological polar surface area (TPSA) is 57.7 Å². The van der Waals surface area contributed by atoms with E-state index in [0.29, 0.717) is 5.56 Å². The van der Waals surface area contributed by atoms with Crippen molar-refractivity contribution < 1.29 is 13.2 Å². The van der Waals surface area contributed by atoms with Gasteiger partial charge in [-0.3, -0.25) is 4.79 Å². The van der Waals surface area contributed by atoms with Crippen LogP contribution in [0.25, 0.3) is 0 Å². The molecule has 0 spiro atoms. The van der Waals surface area contributed by atoms with E-state index in [1.54, 1.807) is 43.4 Å². The average molecular weight is 372 g/mol. The molecular weight excluding hydrogens is 348 g/mol. The van der Waals surface area contributed by atoms with E-state index in [9.17, 15) is 13.2 Å². The van der Waals surface area contributed by atoms with Gasteiger partial charge in [0.25, 0.3) is 5.91 Å². The molecule has 6 heteroatoms. The Labute approximate surface area is 155 Å². The summed E-state index contributed by atoms with van der Waals surface area (Å²) in [5, 5.41) is 0. The van der Waals surface area contributed by atoms with E-state index in [4.69, 9.17) is 0 Å². The highest BCUT2D eigenvalue weighted by Gasteiger charge is 2.22. The molecule has 1 fully saturated rings. The fraction of sp³-hybridized carbons (Fsp3) is 0.350. The lowest BCUT2D eigenvalue weighted by Gasteiger charge is -2.18. The van der Waals surface area contributed by atoms with Crippen molar-refractivity contribution in [3.8, 4) is 0 Å². The molecule has 0 aliphatic carbocycles. The van der Waals surface area contributed by atoms with E-state index >= 15 is 0 Å². The number of rotatable bonds is 5. The normalized spacial score (nSPS) is 14.8. The van der Waals surface area contributed by atoms with Gasteiger partial charge >= 0.3 is 0 Å². The first-order valence-corrected chi connectivity index (χ1v) is 10.2. The summed E-state index contributed by atoms with van der Waals surface area (Å²) >= 11 is 0. The van der Waals surface area contributed by atoms with Gasteiger partial charge in [-0.25, -0.2) is 8.42 Å². The number of hydrogen-bond acceptors (Lipinski definition) is 3. The highest BCUT2D eigenvalue weighted by molar-refractivity contribution is 7.89. The van der Waals surface area contributed by atoms with Crippen molar-refractivity contribution in [2.75, 3.05) is 20.1 Å². The van der Waals surface area contributed by atoms with Gasteiger partial charge < -0.3 is 4.90 Å². The van der Waals surface area contributed by atoms with Gasteiger partial charge in [0.15, 0.2) is 0 Å². The quantitative estimate of drug-likeness (QED) is 0.811. The Morgan fingerprint density at radius 1 is 1.00 bits per heavy atom. The Morgan fingerprint density at radius 3 is 2.15 bits per heavy atom. The average Bonchev–Trinajstić information content (AvgIpc) is 3.17. The summed E-state index contributed by atoms with van der Waals surface area (Å²) in [6.07, 6.45) is 2.12. The van der Waals surface area contributed by atoms with E-state index < -0.39 is 10.0 Å². The monoisotopic (exact) mass is 372 g/mol. The second-order valence-corrected chi connectivity index (χ2v) is 8.82. The minimum absolute atomic E-state index is 0.0506. The van der Waals surface area contributed by atoms with Gasteiger partial charge in [0, 0.05) is 32.2 Å². The van der Waals surface area contributed by atoms with Crippen LogP contribution in [-0.4, -0.2) is 43.7 Å². The predicted molar refractivity (Wildman–Crippen MR) is 101 cm³/mol. The van der Waals surface area contributed by atoms with Gasteiger partial charge in [0.1, 0.15) is 0 Å². The van der Waals surface area contributed by atoms with Crippen molar-refractivity contribution in [2.24, 2.45) is 0 Å². The lowest BCUT2D eigenvalue weighted by Crippen LogP contribution is -2.28. The summed E-state index contributed by atoms with van der Waals surface area (Å²) in [6.45, 7) is 3.82. The van der Waals surface area contributed by atoms with Crippen LogP contribution in [0.2, 0.25) is 0 Å². The number of aryl methyl sites for hydroxylation is 1. The predicted octanol–water partition coefficient (Wildman–Crippen LogP) is 3.05. The third-order valence-corrected chi connectivity index (χ3v) is 6.55. The van der Waals surface area contributed by atoms with Crippen LogP contribution in [0.3, 0.4) is 0 Å². The number of carbonyl (C=O) groups excluding carboxylic acids is 1. The van der Waals surface area contributed by atoms with E-state index in [1.807, 2.05) is 24.0 Å². The van der Waals surface area contributed by atoms with Crippen molar-refractivity contribution in [1.29, 1.82) is 0 Å². The summed E-state index contributed by atoms with van der Waals surface area (Å²) in [4.78, 5) is 14.5. The molecular formula is C20H24N2O3S. The summed E-state index contributed by atoms with van der Waals surface area (Å²) in [6, 6.07) is 14.0. The molecule has 138 valence electrons. The lowest BCUT2D eigenvalue weighted by molar-refractivity contribution is 0.0793. The molecule has 1 aliphatic rings. The summed E-state index contributed by atoms with van der Waals surface area (Å²) < 4.78 is 26.7. The Morgan fingerprint density at radius 2 is 1.58 bits per heavy atom. The standard InChI is InChI=1S/C20H24N2O3S/c1-16-5-11-19(12-6-16)26(24,25)21(2)15-17-7-9-18(10-8-17)20(23)22-13-3-4-14-22/h5-12H,3-4,13-15H2,1-2H3. The molecule has 0 saturated carbocycles. The smallest absolute Gasteiger partial charge is 0.253 e. The first kappa shape index (κ1) is 18.6. The highest BCUT2D eigenvalue weighted by Crippen LogP contribution is 2.18. The molecule has 0 aromatic heterocycles. The van der Waals surface area contributed by atoms with E-state index in [0.717, 1.165) is 37.1 Å². The number of amides is 1. The van der Waals surface area contributed by atoms with E-state index in [-0.39, 0.29) is 17.3 Å². The van der Waals surface area contributed by atoms with Crippen molar-refractivity contribution in [3.63, 3.8) is 0 Å². The Kier molecular flexibility index (Phi) is 5.44. The van der Waals surface area contributed by atoms with Gasteiger partial charge in [0.05, 0.1) is 4.90 Å². The van der Waals surface area contributed by atoms with Gasteiger partial charge in [-0.2, -0.15) is 4.31 Å². The third kappa shape index (κ3) is 3.97. The van der Waals surface area contributed by atoms with Crippen LogP contribution in [0.1, 0.15) is 34.3 Å². The van der Waals surface area contributed by atoms with Crippen LogP contribution in [0, 0.1) is 6.92 Å². The third-order valence-electron chi connectivity index (χ3n) is 4.73. The Hall–Kier alpha value is -2.18. The zero-order valence-corrected chi connectivity index (χ0v) is 16.0. The molecule has 5 nitrogen and oxygen atoms in total. The zero-order chi connectivity index (χ0) is 18.7. The first-order chi connectivity index (χ1) is 12.4. The van der Waals surface area contributed by atoms with Crippen LogP contribution in [0.5, 0.6) is 0 Å². The number of nitrogens with zero attached hydrogens (tertiary/aromatic N) is 2. The number of hydrogen-bond donors (Lipinski definition) is 0. The maximum atomic E-state index is 12.7. The minimum Gasteiger partial charge on any atom is -0.339 e. The SMILES string of the molecule is Cc1ccc(S(=O)(=O)N(C)Cc2ccc(C(=O)N3CCCC3)cc2)cc1. The minimum atomic E-state index is -3.54. The summed E-state index contributed by atoms with van der Waals surface area (Å²) in [5.74, 6) is 0.0506. The molecule has 1 heterocycles. The first-order valence-electron chi connectivity index (χ1n) is 8.79. The number of carbonyl (C=O) groups is 1. The molecule has 0 radical (unpaired) electrons. The van der Waals surface area contributed by atoms with E-state index in [1.165, 1.54) is 4.31 Å². The number of benzene rings is 2. The summed E-state index contributed by atoms with van der Waals surface area (Å²) in [7, 11) is -1.97. The molecule has 0 bridgehead atoms. The van der Waals surface area contributed by atoms with Crippen molar-refractivity contribution in [3.05, 3.63) is 65.2 Å². The fourth-order valence-corrected chi connectivity index (χ4v) is 4.25. The second kappa shape index (κ2) is 7.60. The van der Waals surface area contributed by atoms with Crippen LogP contribution in [-0.2, 0) is 16.6 Å². The molecule has 1 aliphatic heterocycles. The molecule has 1 saturated heterocycles. The highest BCUT2D eigenvalue weighted by atomic mass is 32.2. The Balaban J connectivity index is 1.70. The molecule has 3 rings (SSSR count). The molecule has 26 heavy (non-hydrogen) atoms. The van der Waals surface area contributed by atoms with Crippen molar-refractivity contribution in [1.82, 2.24) is 9.21 Å². The molecule has 0 unspecified atom stereocenters. The molecule has 0 N–H and O–H groups in total. The largest absolute Gasteiger partial charge is 0.339 e. The van der Waals surface area contributed by atoms with Gasteiger partial charge in [0.2, 0.25) is 10.0 Å². The van der Waals surface area contributed by atoms with Crippen molar-refractivity contribution in [2.45, 2.75) is 31.2 Å². The van der Waals surface area contributed by atoms with E-state index in [2.05, 4.69) is 0 Å². The molecule has 2 aromatic carbocycles. The maximum Gasteiger partial charge on any atom is 0.253 e. The maximum absolute atomic E-state index is 12.7. The molecule has 1 amide bonds. The summed E-state index contributed by atoms with van der Waals surface area (Å²) in [5.41, 5.74) is 2.52. The second-order valence-electron chi connectivity index (χ2n) is 6.77. The zero-order valence-electron chi connectivity index (χ0n) is 15.2. The lowest BCUT2D eigenvalue weighted by atomic mass is 10.1. The fourth-order valence-electron chi connectivity index (χ4n) is 3.09. The van der Waals surface area contributed by atoms with Gasteiger partial charge in [-0.15, -0.1) is 0 Å². The van der Waals surface area contributed by atoms with Gasteiger partial charge in [-0.1, -0.05) is 29.8 Å². The van der Waals surface area contributed by atoms with Gasteiger partial charge in [-0.05, 0) is 49.6 Å². The number of likely N-dealkylation sites (tertiary alicyclic amines) is 1. The van der Waals surface area contributed by atoms with Crippen LogP contribution < -0.4 is 0 Å².